The van der Waals surface area contributed by atoms with Gasteiger partial charge in [0.15, 0.2) is 0 Å². The molecule has 2 heteroatoms. The fraction of sp³-hybridized carbons (Fsp3) is 1.00. The van der Waals surface area contributed by atoms with Crippen molar-refractivity contribution in [2.45, 2.75) is 39.8 Å². The molecule has 0 bridgehead atoms. The number of halogens is 1. The molecule has 0 nitrogen and oxygen atoms in total. The van der Waals surface area contributed by atoms with Crippen molar-refractivity contribution in [3.8, 4) is 0 Å². The molecule has 0 spiro atoms. The van der Waals surface area contributed by atoms with E-state index in [9.17, 15) is 0 Å². The van der Waals surface area contributed by atoms with Gasteiger partial charge >= 0.3 is 0 Å². The number of rotatable bonds is 2. The predicted molar refractivity (Wildman–Crippen MR) is 55.3 cm³/mol. The van der Waals surface area contributed by atoms with Crippen LogP contribution in [0.2, 0.25) is 0 Å². The van der Waals surface area contributed by atoms with Crippen molar-refractivity contribution in [3.63, 3.8) is 0 Å². The molecule has 0 aliphatic heterocycles. The van der Waals surface area contributed by atoms with Gasteiger partial charge in [0.2, 0.25) is 0 Å². The fourth-order valence-electron chi connectivity index (χ4n) is 0.594. The summed E-state index contributed by atoms with van der Waals surface area (Å²) in [5, 5.41) is 0.472. The second kappa shape index (κ2) is 4.07. The first-order valence-corrected chi connectivity index (χ1v) is 7.32. The molecule has 0 aromatic carbocycles. The van der Waals surface area contributed by atoms with Gasteiger partial charge < -0.3 is 0 Å². The highest BCUT2D eigenvalue weighted by Gasteiger charge is 2.21. The van der Waals surface area contributed by atoms with E-state index in [0.29, 0.717) is 5.16 Å². The van der Waals surface area contributed by atoms with Crippen LogP contribution in [0.5, 0.6) is 0 Å². The van der Waals surface area contributed by atoms with Crippen molar-refractivity contribution >= 4 is 22.1 Å². The third kappa shape index (κ3) is 4.68. The first-order valence-electron chi connectivity index (χ1n) is 3.77. The SMILES string of the molecule is CC(C)CP(Br)C(C)(C)C. The molecule has 0 saturated heterocycles. The zero-order valence-electron chi connectivity index (χ0n) is 7.61. The minimum absolute atomic E-state index is 0.0514. The Labute approximate surface area is 74.3 Å². The monoisotopic (exact) mass is 224 g/mol. The molecule has 1 unspecified atom stereocenters. The van der Waals surface area contributed by atoms with Crippen molar-refractivity contribution in [2.75, 3.05) is 6.16 Å². The van der Waals surface area contributed by atoms with Crippen LogP contribution in [0.1, 0.15) is 34.6 Å². The maximum Gasteiger partial charge on any atom is -0.00812 e. The van der Waals surface area contributed by atoms with Gasteiger partial charge in [-0.15, -0.1) is 0 Å². The van der Waals surface area contributed by atoms with E-state index < -0.39 is 0 Å². The standard InChI is InChI=1S/C8H18BrP/c1-7(2)6-10(9)8(3,4)5/h7H,6H2,1-5H3. The Balaban J connectivity index is 3.73. The van der Waals surface area contributed by atoms with Crippen LogP contribution in [0.4, 0.5) is 0 Å². The summed E-state index contributed by atoms with van der Waals surface area (Å²) in [6, 6.07) is 0. The number of hydrogen-bond donors (Lipinski definition) is 0. The summed E-state index contributed by atoms with van der Waals surface area (Å²) in [5.41, 5.74) is 0. The van der Waals surface area contributed by atoms with E-state index in [0.717, 1.165) is 5.92 Å². The topological polar surface area (TPSA) is 0 Å². The molecule has 1 atom stereocenters. The van der Waals surface area contributed by atoms with Crippen molar-refractivity contribution in [1.29, 1.82) is 0 Å². The minimum Gasteiger partial charge on any atom is -0.0624 e. The minimum atomic E-state index is 0.0514. The second-order valence-corrected chi connectivity index (χ2v) is 9.11. The summed E-state index contributed by atoms with van der Waals surface area (Å²) in [6.07, 6.45) is 1.33. The zero-order chi connectivity index (χ0) is 8.36. The largest absolute Gasteiger partial charge is 0.0624 e. The zero-order valence-corrected chi connectivity index (χ0v) is 10.1. The van der Waals surface area contributed by atoms with Crippen LogP contribution in [-0.4, -0.2) is 11.3 Å². The molecular weight excluding hydrogens is 207 g/mol. The van der Waals surface area contributed by atoms with Crippen LogP contribution >= 0.6 is 22.1 Å². The molecule has 0 amide bonds. The lowest BCUT2D eigenvalue weighted by molar-refractivity contribution is 0.722. The van der Waals surface area contributed by atoms with Crippen LogP contribution in [0.3, 0.4) is 0 Å². The lowest BCUT2D eigenvalue weighted by Crippen LogP contribution is -2.11. The Morgan fingerprint density at radius 1 is 1.30 bits per heavy atom. The van der Waals surface area contributed by atoms with E-state index in [4.69, 9.17) is 0 Å². The molecule has 0 radical (unpaired) electrons. The van der Waals surface area contributed by atoms with Crippen molar-refractivity contribution in [3.05, 3.63) is 0 Å². The van der Waals surface area contributed by atoms with Crippen molar-refractivity contribution in [1.82, 2.24) is 0 Å². The van der Waals surface area contributed by atoms with E-state index in [2.05, 4.69) is 50.1 Å². The van der Waals surface area contributed by atoms with E-state index in [1.165, 1.54) is 6.16 Å². The molecule has 62 valence electrons. The molecule has 10 heavy (non-hydrogen) atoms. The van der Waals surface area contributed by atoms with Gasteiger partial charge in [-0.05, 0) is 23.9 Å². The van der Waals surface area contributed by atoms with Crippen molar-refractivity contribution in [2.24, 2.45) is 5.92 Å². The van der Waals surface area contributed by atoms with Gasteiger partial charge in [-0.2, -0.15) is 0 Å². The molecule has 0 aromatic heterocycles. The van der Waals surface area contributed by atoms with Gasteiger partial charge in [0.05, 0.1) is 0 Å². The van der Waals surface area contributed by atoms with E-state index in [-0.39, 0.29) is 6.62 Å². The summed E-state index contributed by atoms with van der Waals surface area (Å²) < 4.78 is 0. The smallest absolute Gasteiger partial charge is 0.00812 e. The Bertz CT molecular complexity index is 93.9. The number of hydrogen-bond acceptors (Lipinski definition) is 0. The molecule has 0 N–H and O–H groups in total. The maximum absolute atomic E-state index is 3.76. The van der Waals surface area contributed by atoms with Gasteiger partial charge in [-0.3, -0.25) is 0 Å². The second-order valence-electron chi connectivity index (χ2n) is 4.11. The third-order valence-electron chi connectivity index (χ3n) is 1.25. The maximum atomic E-state index is 3.76. The van der Waals surface area contributed by atoms with E-state index in [1.807, 2.05) is 0 Å². The Kier molecular flexibility index (Phi) is 4.44. The Morgan fingerprint density at radius 3 is 1.80 bits per heavy atom. The van der Waals surface area contributed by atoms with Gasteiger partial charge in [0.1, 0.15) is 0 Å². The summed E-state index contributed by atoms with van der Waals surface area (Å²) in [6.45, 7) is 11.5. The lowest BCUT2D eigenvalue weighted by atomic mass is 10.2. The quantitative estimate of drug-likeness (QED) is 0.617. The first kappa shape index (κ1) is 10.9. The summed E-state index contributed by atoms with van der Waals surface area (Å²) in [5.74, 6) is 0.824. The molecule has 0 aliphatic carbocycles. The summed E-state index contributed by atoms with van der Waals surface area (Å²) in [7, 11) is 0. The lowest BCUT2D eigenvalue weighted by Gasteiger charge is -2.26. The Hall–Kier alpha value is 0.910. The van der Waals surface area contributed by atoms with Gasteiger partial charge in [-0.1, -0.05) is 50.1 Å². The first-order chi connectivity index (χ1) is 4.34. The highest BCUT2D eigenvalue weighted by Crippen LogP contribution is 2.56. The van der Waals surface area contributed by atoms with Crippen LogP contribution in [-0.2, 0) is 0 Å². The fourth-order valence-corrected chi connectivity index (χ4v) is 3.52. The third-order valence-corrected chi connectivity index (χ3v) is 7.82. The van der Waals surface area contributed by atoms with Crippen LogP contribution in [0.25, 0.3) is 0 Å². The van der Waals surface area contributed by atoms with E-state index >= 15 is 0 Å². The Morgan fingerprint density at radius 2 is 1.70 bits per heavy atom. The summed E-state index contributed by atoms with van der Waals surface area (Å²) in [4.78, 5) is 0. The van der Waals surface area contributed by atoms with E-state index in [1.54, 1.807) is 0 Å². The van der Waals surface area contributed by atoms with Crippen LogP contribution in [0.15, 0.2) is 0 Å². The van der Waals surface area contributed by atoms with Gasteiger partial charge in [-0.25, -0.2) is 0 Å². The molecular formula is C8H18BrP. The molecule has 0 aliphatic rings. The van der Waals surface area contributed by atoms with Crippen molar-refractivity contribution < 1.29 is 0 Å². The molecule has 0 saturated carbocycles. The van der Waals surface area contributed by atoms with Gasteiger partial charge in [0.25, 0.3) is 0 Å². The van der Waals surface area contributed by atoms with Crippen LogP contribution in [0, 0.1) is 5.92 Å². The average Bonchev–Trinajstić information content (AvgIpc) is 1.60. The molecule has 0 heterocycles. The highest BCUT2D eigenvalue weighted by molar-refractivity contribution is 9.39. The van der Waals surface area contributed by atoms with Crippen LogP contribution < -0.4 is 0 Å². The average molecular weight is 225 g/mol. The molecule has 0 aromatic rings. The normalized spacial score (nSPS) is 15.9. The highest BCUT2D eigenvalue weighted by atomic mass is 79.9. The molecule has 0 fully saturated rings. The molecule has 0 rings (SSSR count). The summed E-state index contributed by atoms with van der Waals surface area (Å²) >= 11 is 3.76. The predicted octanol–water partition coefficient (Wildman–Crippen LogP) is 4.23. The van der Waals surface area contributed by atoms with Gasteiger partial charge in [0, 0.05) is 0 Å².